The molecule has 0 aliphatic heterocycles. The summed E-state index contributed by atoms with van der Waals surface area (Å²) in [5.41, 5.74) is -0.750. The van der Waals surface area contributed by atoms with Crippen LogP contribution in [-0.4, -0.2) is 79.9 Å². The molecule has 0 radical (unpaired) electrons. The predicted octanol–water partition coefficient (Wildman–Crippen LogP) is 4.54. The summed E-state index contributed by atoms with van der Waals surface area (Å²) >= 11 is 0. The minimum absolute atomic E-state index is 0.0552. The molecule has 10 N–H and O–H groups in total. The van der Waals surface area contributed by atoms with Crippen molar-refractivity contribution in [3.8, 4) is 11.5 Å². The summed E-state index contributed by atoms with van der Waals surface area (Å²) in [4.78, 5) is 36.1. The van der Waals surface area contributed by atoms with Gasteiger partial charge in [-0.15, -0.1) is 0 Å². The van der Waals surface area contributed by atoms with E-state index in [1.54, 1.807) is 0 Å². The lowest BCUT2D eigenvalue weighted by Gasteiger charge is -2.14. The summed E-state index contributed by atoms with van der Waals surface area (Å²) in [6.07, 6.45) is 0. The summed E-state index contributed by atoms with van der Waals surface area (Å²) in [6.45, 7) is 0. The number of phenolic OH excluding ortho intramolecular Hbond substituents is 2. The molecule has 6 aromatic carbocycles. The monoisotopic (exact) mass is 902 g/mol. The van der Waals surface area contributed by atoms with Gasteiger partial charge in [0.15, 0.2) is 0 Å². The van der Waals surface area contributed by atoms with Gasteiger partial charge in [-0.05, 0) is 89.6 Å². The number of anilines is 4. The van der Waals surface area contributed by atoms with Crippen molar-refractivity contribution in [2.75, 3.05) is 21.3 Å². The summed E-state index contributed by atoms with van der Waals surface area (Å²) in [7, 11) is -19.6. The first-order valence-corrected chi connectivity index (χ1v) is 22.0. The molecule has 0 aromatic heterocycles. The summed E-state index contributed by atoms with van der Waals surface area (Å²) in [6, 6.07) is 15.6. The minimum atomic E-state index is -4.94. The van der Waals surface area contributed by atoms with Gasteiger partial charge >= 0.3 is 6.03 Å². The van der Waals surface area contributed by atoms with Crippen molar-refractivity contribution < 1.29 is 76.5 Å². The maximum atomic E-state index is 13.3. The standard InChI is InChI=1S/C35H26N4O17S4/c40-29-15-25(59(51,52)53)11-19-9-23(57(45,46)47)13-27(31(19)29)38-33(42)17-4-6-21(7-5-17)36-35(44)37-22-3-1-2-18(8-22)34(43)39-28-14-24(58(48,49)50)10-20-12-26(60(54,55)56)16-30(41)32(20)28/h1-16,40-41H,(H,38,42)(H,39,43)(H2,36,37,44)(H,45,46,47)(H,48,49,50)(H,51,52,53)(H,54,55,56). The largest absolute Gasteiger partial charge is 0.507 e. The molecule has 0 spiro atoms. The van der Waals surface area contributed by atoms with Crippen LogP contribution in [0.15, 0.2) is 117 Å². The highest BCUT2D eigenvalue weighted by Gasteiger charge is 2.23. The maximum Gasteiger partial charge on any atom is 0.323 e. The Morgan fingerprint density at radius 3 is 1.22 bits per heavy atom. The van der Waals surface area contributed by atoms with Gasteiger partial charge < -0.3 is 31.5 Å². The van der Waals surface area contributed by atoms with Crippen molar-refractivity contribution in [1.82, 2.24) is 0 Å². The number of aromatic hydroxyl groups is 2. The number of carbonyl (C=O) groups is 3. The molecule has 0 atom stereocenters. The second-order valence-electron chi connectivity index (χ2n) is 12.6. The fourth-order valence-corrected chi connectivity index (χ4v) is 7.95. The first-order chi connectivity index (χ1) is 27.8. The van der Waals surface area contributed by atoms with E-state index >= 15 is 0 Å². The topological polar surface area (TPSA) is 357 Å². The molecular formula is C35H26N4O17S4. The molecule has 0 saturated heterocycles. The first-order valence-electron chi connectivity index (χ1n) is 16.2. The number of urea groups is 1. The number of carbonyl (C=O) groups excluding carboxylic acids is 3. The van der Waals surface area contributed by atoms with E-state index in [0.717, 1.165) is 36.4 Å². The lowest BCUT2D eigenvalue weighted by atomic mass is 10.1. The van der Waals surface area contributed by atoms with Gasteiger partial charge in [-0.1, -0.05) is 6.07 Å². The SMILES string of the molecule is O=C(Nc1ccc(C(=O)Nc2cc(S(=O)(=O)O)cc3cc(S(=O)(=O)O)cc(O)c23)cc1)Nc1cccc(C(=O)Nc2cc(S(=O)(=O)O)cc3cc(S(=O)(=O)O)cc(O)c23)c1. The normalized spacial score (nSPS) is 12.2. The Balaban J connectivity index is 1.17. The van der Waals surface area contributed by atoms with Crippen molar-refractivity contribution in [3.05, 3.63) is 108 Å². The molecule has 0 unspecified atom stereocenters. The molecule has 0 heterocycles. The number of rotatable bonds is 10. The number of phenols is 2. The molecule has 0 fully saturated rings. The van der Waals surface area contributed by atoms with E-state index in [1.807, 2.05) is 0 Å². The van der Waals surface area contributed by atoms with Gasteiger partial charge in [-0.25, -0.2) is 4.79 Å². The van der Waals surface area contributed by atoms with E-state index in [9.17, 15) is 76.5 Å². The Labute approximate surface area is 338 Å². The second kappa shape index (κ2) is 15.5. The van der Waals surface area contributed by atoms with Crippen LogP contribution in [0.5, 0.6) is 11.5 Å². The smallest absolute Gasteiger partial charge is 0.323 e. The van der Waals surface area contributed by atoms with Crippen LogP contribution in [0.1, 0.15) is 20.7 Å². The van der Waals surface area contributed by atoms with E-state index < -0.39 is 89.4 Å². The van der Waals surface area contributed by atoms with Crippen LogP contribution in [0, 0.1) is 0 Å². The summed E-state index contributed by atoms with van der Waals surface area (Å²) < 4.78 is 133. The number of nitrogens with one attached hydrogen (secondary N) is 4. The molecule has 25 heteroatoms. The molecule has 60 heavy (non-hydrogen) atoms. The first kappa shape index (κ1) is 42.9. The van der Waals surface area contributed by atoms with Gasteiger partial charge in [-0.2, -0.15) is 33.7 Å². The molecule has 6 aromatic rings. The molecule has 0 bridgehead atoms. The Bertz CT molecular complexity index is 3270. The molecule has 6 rings (SSSR count). The predicted molar refractivity (Wildman–Crippen MR) is 212 cm³/mol. The number of fused-ring (bicyclic) bond motifs is 2. The quantitative estimate of drug-likeness (QED) is 0.0843. The maximum absolute atomic E-state index is 13.3. The van der Waals surface area contributed by atoms with Crippen molar-refractivity contribution >= 4 is 103 Å². The van der Waals surface area contributed by atoms with Gasteiger partial charge in [0.1, 0.15) is 11.5 Å². The van der Waals surface area contributed by atoms with Gasteiger partial charge in [0, 0.05) is 45.4 Å². The fraction of sp³-hybridized carbons (Fsp3) is 0. The second-order valence-corrected chi connectivity index (χ2v) is 18.3. The lowest BCUT2D eigenvalue weighted by Crippen LogP contribution is -2.20. The zero-order valence-corrected chi connectivity index (χ0v) is 32.8. The Kier molecular flexibility index (Phi) is 11.1. The van der Waals surface area contributed by atoms with Crippen LogP contribution in [-0.2, 0) is 40.5 Å². The zero-order valence-electron chi connectivity index (χ0n) is 29.5. The van der Waals surface area contributed by atoms with E-state index in [0.29, 0.717) is 12.1 Å². The van der Waals surface area contributed by atoms with Crippen molar-refractivity contribution in [3.63, 3.8) is 0 Å². The molecule has 0 aliphatic carbocycles. The van der Waals surface area contributed by atoms with Crippen LogP contribution in [0.3, 0.4) is 0 Å². The van der Waals surface area contributed by atoms with Crippen molar-refractivity contribution in [2.45, 2.75) is 19.6 Å². The summed E-state index contributed by atoms with van der Waals surface area (Å²) in [5, 5.41) is 29.7. The number of hydrogen-bond acceptors (Lipinski definition) is 13. The van der Waals surface area contributed by atoms with Crippen LogP contribution < -0.4 is 21.3 Å². The third kappa shape index (κ3) is 9.43. The average molecular weight is 903 g/mol. The molecule has 21 nitrogen and oxygen atoms in total. The third-order valence-corrected chi connectivity index (χ3v) is 11.8. The van der Waals surface area contributed by atoms with Crippen LogP contribution >= 0.6 is 0 Å². The molecule has 312 valence electrons. The van der Waals surface area contributed by atoms with E-state index in [4.69, 9.17) is 0 Å². The van der Waals surface area contributed by atoms with Gasteiger partial charge in [0.25, 0.3) is 52.3 Å². The Morgan fingerprint density at radius 2 is 0.800 bits per heavy atom. The fourth-order valence-electron chi connectivity index (χ4n) is 5.80. The zero-order chi connectivity index (χ0) is 44.1. The molecule has 0 aliphatic rings. The van der Waals surface area contributed by atoms with Gasteiger partial charge in [0.05, 0.1) is 31.0 Å². The number of benzene rings is 6. The number of amides is 4. The highest BCUT2D eigenvalue weighted by molar-refractivity contribution is 7.86. The van der Waals surface area contributed by atoms with Crippen LogP contribution in [0.25, 0.3) is 21.5 Å². The minimum Gasteiger partial charge on any atom is -0.507 e. The van der Waals surface area contributed by atoms with Gasteiger partial charge in [-0.3, -0.25) is 27.8 Å². The van der Waals surface area contributed by atoms with E-state index in [1.165, 1.54) is 48.5 Å². The van der Waals surface area contributed by atoms with E-state index in [-0.39, 0.29) is 55.4 Å². The van der Waals surface area contributed by atoms with Crippen molar-refractivity contribution in [2.24, 2.45) is 0 Å². The van der Waals surface area contributed by atoms with Crippen molar-refractivity contribution in [1.29, 1.82) is 0 Å². The molecule has 4 amide bonds. The molecular weight excluding hydrogens is 877 g/mol. The van der Waals surface area contributed by atoms with Gasteiger partial charge in [0.2, 0.25) is 0 Å². The Hall–Kier alpha value is -6.71. The highest BCUT2D eigenvalue weighted by Crippen LogP contribution is 2.38. The lowest BCUT2D eigenvalue weighted by molar-refractivity contribution is 0.101. The third-order valence-electron chi connectivity index (χ3n) is 8.43. The highest BCUT2D eigenvalue weighted by atomic mass is 32.2. The Morgan fingerprint density at radius 1 is 0.417 bits per heavy atom. The average Bonchev–Trinajstić information content (AvgIpc) is 3.13. The van der Waals surface area contributed by atoms with Crippen LogP contribution in [0.4, 0.5) is 27.5 Å². The van der Waals surface area contributed by atoms with Crippen LogP contribution in [0.2, 0.25) is 0 Å². The summed E-state index contributed by atoms with van der Waals surface area (Å²) in [5.74, 6) is -3.36. The molecule has 0 saturated carbocycles. The number of hydrogen-bond donors (Lipinski definition) is 10. The van der Waals surface area contributed by atoms with E-state index in [2.05, 4.69) is 21.3 Å².